The van der Waals surface area contributed by atoms with Crippen molar-refractivity contribution in [2.45, 2.75) is 41.0 Å². The molecule has 0 heterocycles. The molecule has 0 unspecified atom stereocenters. The van der Waals surface area contributed by atoms with Crippen molar-refractivity contribution in [1.82, 2.24) is 0 Å². The number of aldehydes is 1. The second-order valence-corrected chi connectivity index (χ2v) is 6.64. The molecular weight excluding hydrogens is 280 g/mol. The molecule has 0 spiro atoms. The number of carbonyl (C=O) groups excluding carboxylic acids is 1. The molecule has 0 fully saturated rings. The van der Waals surface area contributed by atoms with Crippen LogP contribution in [0.1, 0.15) is 41.0 Å². The van der Waals surface area contributed by atoms with Gasteiger partial charge < -0.3 is 0 Å². The Balaban J connectivity index is 2.97. The minimum Gasteiger partial charge on any atom is -0.299 e. The fraction of sp³-hybridized carbons (Fsp3) is 0.318. The van der Waals surface area contributed by atoms with Crippen LogP contribution in [-0.4, -0.2) is 6.29 Å². The third-order valence-electron chi connectivity index (χ3n) is 4.18. The maximum Gasteiger partial charge on any atom is 0.143 e. The van der Waals surface area contributed by atoms with Crippen molar-refractivity contribution < 1.29 is 4.79 Å². The third kappa shape index (κ3) is 5.52. The summed E-state index contributed by atoms with van der Waals surface area (Å²) in [4.78, 5) is 10.4. The summed E-state index contributed by atoms with van der Waals surface area (Å²) in [5.74, 6) is 0. The first-order valence-electron chi connectivity index (χ1n) is 8.01. The largest absolute Gasteiger partial charge is 0.299 e. The van der Waals surface area contributed by atoms with Crippen LogP contribution in [0.15, 0.2) is 83.1 Å². The topological polar surface area (TPSA) is 17.1 Å². The fourth-order valence-corrected chi connectivity index (χ4v) is 2.66. The Labute approximate surface area is 141 Å². The molecule has 1 aliphatic carbocycles. The lowest BCUT2D eigenvalue weighted by molar-refractivity contribution is -0.104. The molecule has 0 saturated carbocycles. The molecule has 1 nitrogen and oxygen atoms in total. The average molecular weight is 308 g/mol. The van der Waals surface area contributed by atoms with Gasteiger partial charge in [-0.15, -0.1) is 0 Å². The lowest BCUT2D eigenvalue weighted by atomic mass is 9.73. The summed E-state index contributed by atoms with van der Waals surface area (Å²) in [7, 11) is 0. The first kappa shape index (κ1) is 18.9. The van der Waals surface area contributed by atoms with E-state index in [1.54, 1.807) is 6.08 Å². The number of hydrogen-bond donors (Lipinski definition) is 0. The lowest BCUT2D eigenvalue weighted by Gasteiger charge is -2.31. The maximum absolute atomic E-state index is 10.4. The minimum atomic E-state index is 0.145. The fourth-order valence-electron chi connectivity index (χ4n) is 2.66. The van der Waals surface area contributed by atoms with E-state index in [9.17, 15) is 4.79 Å². The van der Waals surface area contributed by atoms with Gasteiger partial charge in [-0.25, -0.2) is 0 Å². The Bertz CT molecular complexity index is 643. The number of hydrogen-bond acceptors (Lipinski definition) is 1. The highest BCUT2D eigenvalue weighted by molar-refractivity contribution is 5.67. The van der Waals surface area contributed by atoms with E-state index in [2.05, 4.69) is 58.6 Å². The van der Waals surface area contributed by atoms with Gasteiger partial charge in [-0.05, 0) is 61.0 Å². The van der Waals surface area contributed by atoms with Gasteiger partial charge in [0.05, 0.1) is 0 Å². The zero-order valence-electron chi connectivity index (χ0n) is 15.0. The van der Waals surface area contributed by atoms with Gasteiger partial charge in [0.15, 0.2) is 0 Å². The van der Waals surface area contributed by atoms with Crippen LogP contribution in [0.3, 0.4) is 0 Å². The van der Waals surface area contributed by atoms with Crippen molar-refractivity contribution in [3.8, 4) is 0 Å². The molecule has 0 aliphatic heterocycles. The number of allylic oxidation sites excluding steroid dienone is 13. The summed E-state index contributed by atoms with van der Waals surface area (Å²) in [5, 5.41) is 0. The first-order valence-corrected chi connectivity index (χ1v) is 8.01. The second kappa shape index (κ2) is 8.47. The smallest absolute Gasteiger partial charge is 0.143 e. The van der Waals surface area contributed by atoms with Crippen LogP contribution >= 0.6 is 0 Å². The summed E-state index contributed by atoms with van der Waals surface area (Å²) in [6, 6.07) is 0. The van der Waals surface area contributed by atoms with Gasteiger partial charge in [0.2, 0.25) is 0 Å². The van der Waals surface area contributed by atoms with Crippen LogP contribution in [0.4, 0.5) is 0 Å². The Morgan fingerprint density at radius 2 is 1.83 bits per heavy atom. The molecule has 1 aliphatic rings. The quantitative estimate of drug-likeness (QED) is 0.331. The van der Waals surface area contributed by atoms with E-state index in [-0.39, 0.29) is 5.41 Å². The molecule has 1 heteroatoms. The van der Waals surface area contributed by atoms with Gasteiger partial charge in [0.25, 0.3) is 0 Å². The molecule has 0 bridgehead atoms. The highest BCUT2D eigenvalue weighted by atomic mass is 16.1. The molecule has 122 valence electrons. The minimum absolute atomic E-state index is 0.145. The van der Waals surface area contributed by atoms with Crippen LogP contribution in [0.25, 0.3) is 0 Å². The van der Waals surface area contributed by atoms with Gasteiger partial charge in [-0.2, -0.15) is 0 Å². The van der Waals surface area contributed by atoms with E-state index in [4.69, 9.17) is 0 Å². The molecule has 23 heavy (non-hydrogen) atoms. The van der Waals surface area contributed by atoms with Gasteiger partial charge in [-0.1, -0.05) is 68.5 Å². The highest BCUT2D eigenvalue weighted by Gasteiger charge is 2.26. The molecule has 0 radical (unpaired) electrons. The van der Waals surface area contributed by atoms with Crippen LogP contribution in [0.5, 0.6) is 0 Å². The van der Waals surface area contributed by atoms with Crippen molar-refractivity contribution in [3.63, 3.8) is 0 Å². The summed E-state index contributed by atoms with van der Waals surface area (Å²) in [5.41, 5.74) is 6.17. The van der Waals surface area contributed by atoms with E-state index < -0.39 is 0 Å². The molecule has 0 atom stereocenters. The first-order chi connectivity index (χ1) is 10.8. The normalized spacial score (nSPS) is 19.4. The van der Waals surface area contributed by atoms with Crippen molar-refractivity contribution in [2.75, 3.05) is 0 Å². The van der Waals surface area contributed by atoms with Crippen molar-refractivity contribution in [1.29, 1.82) is 0 Å². The van der Waals surface area contributed by atoms with Gasteiger partial charge >= 0.3 is 0 Å². The maximum atomic E-state index is 10.4. The van der Waals surface area contributed by atoms with Crippen LogP contribution in [0.2, 0.25) is 0 Å². The Hall–Kier alpha value is -2.15. The molecule has 0 N–H and O–H groups in total. The zero-order chi connectivity index (χ0) is 17.5. The van der Waals surface area contributed by atoms with Crippen molar-refractivity contribution >= 4 is 6.29 Å². The predicted molar refractivity (Wildman–Crippen MR) is 101 cm³/mol. The summed E-state index contributed by atoms with van der Waals surface area (Å²) < 4.78 is 0. The van der Waals surface area contributed by atoms with Crippen LogP contribution in [0, 0.1) is 5.41 Å². The summed E-state index contributed by atoms with van der Waals surface area (Å²) >= 11 is 0. The Morgan fingerprint density at radius 3 is 2.43 bits per heavy atom. The zero-order valence-corrected chi connectivity index (χ0v) is 15.0. The van der Waals surface area contributed by atoms with Gasteiger partial charge in [0, 0.05) is 0 Å². The second-order valence-electron chi connectivity index (χ2n) is 6.64. The molecule has 0 aromatic rings. The van der Waals surface area contributed by atoms with E-state index >= 15 is 0 Å². The SMILES string of the molecule is C=CC1=CCC(C)(C)C(/C=C/C(C)=C/C=C/C(C)=C/C=O)=C1C. The summed E-state index contributed by atoms with van der Waals surface area (Å²) in [6.45, 7) is 14.6. The van der Waals surface area contributed by atoms with Crippen LogP contribution < -0.4 is 0 Å². The van der Waals surface area contributed by atoms with Gasteiger partial charge in [0.1, 0.15) is 6.29 Å². The molecular formula is C22H28O. The Morgan fingerprint density at radius 1 is 1.17 bits per heavy atom. The van der Waals surface area contributed by atoms with Crippen LogP contribution in [-0.2, 0) is 4.79 Å². The highest BCUT2D eigenvalue weighted by Crippen LogP contribution is 2.40. The molecule has 0 saturated heterocycles. The van der Waals surface area contributed by atoms with E-state index in [0.717, 1.165) is 18.3 Å². The molecule has 0 aromatic carbocycles. The molecule has 0 amide bonds. The average Bonchev–Trinajstić information content (AvgIpc) is 2.47. The van der Waals surface area contributed by atoms with E-state index in [1.165, 1.54) is 22.3 Å². The standard InChI is InChI=1S/C22H28O/c1-7-20-13-15-22(5,6)21(19(20)4)12-11-17(2)9-8-10-18(3)14-16-23/h7-14,16H,1,15H2,2-6H3/b10-8+,12-11+,17-9+,18-14+. The number of carbonyl (C=O) groups is 1. The monoisotopic (exact) mass is 308 g/mol. The predicted octanol–water partition coefficient (Wildman–Crippen LogP) is 6.05. The molecule has 0 aromatic heterocycles. The van der Waals surface area contributed by atoms with E-state index in [1.807, 2.05) is 25.2 Å². The van der Waals surface area contributed by atoms with Gasteiger partial charge in [-0.3, -0.25) is 4.79 Å². The lowest BCUT2D eigenvalue weighted by Crippen LogP contribution is -2.18. The van der Waals surface area contributed by atoms with E-state index in [0.29, 0.717) is 0 Å². The van der Waals surface area contributed by atoms with Crippen molar-refractivity contribution in [2.24, 2.45) is 5.41 Å². The third-order valence-corrected chi connectivity index (χ3v) is 4.18. The van der Waals surface area contributed by atoms with Crippen molar-refractivity contribution in [3.05, 3.63) is 83.1 Å². The number of rotatable bonds is 6. The molecule has 1 rings (SSSR count). The summed E-state index contributed by atoms with van der Waals surface area (Å²) in [6.07, 6.45) is 17.9. The Kier molecular flexibility index (Phi) is 6.96.